The Hall–Kier alpha value is -2.01. The second kappa shape index (κ2) is 8.39. The monoisotopic (exact) mass is 395 g/mol. The second-order valence-corrected chi connectivity index (χ2v) is 9.18. The lowest BCUT2D eigenvalue weighted by Gasteiger charge is -2.35. The number of nitrogens with zero attached hydrogens (tertiary/aromatic N) is 2. The summed E-state index contributed by atoms with van der Waals surface area (Å²) < 4.78 is 8.97. The molecule has 2 saturated heterocycles. The average Bonchev–Trinajstić information content (AvgIpc) is 3.41. The number of fused-ring (bicyclic) bond motifs is 1. The van der Waals surface area contributed by atoms with Gasteiger partial charge in [0.15, 0.2) is 0 Å². The van der Waals surface area contributed by atoms with Crippen LogP contribution in [0.3, 0.4) is 0 Å². The van der Waals surface area contributed by atoms with E-state index >= 15 is 0 Å². The van der Waals surface area contributed by atoms with Gasteiger partial charge in [-0.3, -0.25) is 4.79 Å². The number of ether oxygens (including phenoxy) is 1. The molecule has 3 aliphatic rings. The normalized spacial score (nSPS) is 24.8. The fourth-order valence-electron chi connectivity index (χ4n) is 5.46. The molecule has 1 aromatic heterocycles. The van der Waals surface area contributed by atoms with Crippen LogP contribution in [0.1, 0.15) is 57.4 Å². The lowest BCUT2D eigenvalue weighted by Crippen LogP contribution is -2.44. The fourth-order valence-corrected chi connectivity index (χ4v) is 5.46. The molecule has 29 heavy (non-hydrogen) atoms. The number of rotatable bonds is 5. The number of hydrogen-bond acceptors (Lipinski definition) is 3. The summed E-state index contributed by atoms with van der Waals surface area (Å²) in [5.74, 6) is 1.87. The number of aromatic nitrogens is 1. The van der Waals surface area contributed by atoms with Crippen molar-refractivity contribution < 1.29 is 9.53 Å². The third-order valence-corrected chi connectivity index (χ3v) is 7.15. The quantitative estimate of drug-likeness (QED) is 0.828. The van der Waals surface area contributed by atoms with Crippen molar-refractivity contribution in [3.8, 4) is 5.75 Å². The smallest absolute Gasteiger partial charge is 0.220 e. The maximum Gasteiger partial charge on any atom is 0.220 e. The minimum absolute atomic E-state index is 0.212. The molecule has 2 aliphatic heterocycles. The maximum atomic E-state index is 11.3. The molecule has 5 heteroatoms. The molecule has 2 aromatic rings. The van der Waals surface area contributed by atoms with Gasteiger partial charge in [-0.05, 0) is 56.2 Å². The zero-order valence-corrected chi connectivity index (χ0v) is 17.3. The van der Waals surface area contributed by atoms with E-state index in [0.717, 1.165) is 51.2 Å². The molecule has 0 spiro atoms. The van der Waals surface area contributed by atoms with Gasteiger partial charge in [-0.25, -0.2) is 0 Å². The molecule has 1 atom stereocenters. The minimum Gasteiger partial charge on any atom is -0.490 e. The SMILES string of the molecule is O=C1CCC(CN2CCC(Oc3cccc4c3ccn4C3CCCC3)CC2)CN1. The van der Waals surface area contributed by atoms with E-state index < -0.39 is 0 Å². The predicted molar refractivity (Wildman–Crippen MR) is 115 cm³/mol. The van der Waals surface area contributed by atoms with Crippen LogP contribution in [0, 0.1) is 5.92 Å². The molecule has 156 valence electrons. The summed E-state index contributed by atoms with van der Waals surface area (Å²) in [6.07, 6.45) is 11.8. The van der Waals surface area contributed by atoms with E-state index in [-0.39, 0.29) is 5.91 Å². The van der Waals surface area contributed by atoms with Crippen molar-refractivity contribution in [2.75, 3.05) is 26.2 Å². The van der Waals surface area contributed by atoms with Crippen LogP contribution in [0.5, 0.6) is 5.75 Å². The van der Waals surface area contributed by atoms with Gasteiger partial charge in [0.25, 0.3) is 0 Å². The van der Waals surface area contributed by atoms with E-state index in [1.54, 1.807) is 0 Å². The number of carbonyl (C=O) groups is 1. The van der Waals surface area contributed by atoms with Gasteiger partial charge < -0.3 is 19.5 Å². The van der Waals surface area contributed by atoms with Gasteiger partial charge >= 0.3 is 0 Å². The lowest BCUT2D eigenvalue weighted by atomic mass is 9.97. The molecule has 3 heterocycles. The standard InChI is InChI=1S/C24H33N3O2/c28-24-9-8-18(16-25-24)17-26-13-10-20(11-14-26)29-23-7-3-6-22-21(23)12-15-27(22)19-4-1-2-5-19/h3,6-7,12,15,18-20H,1-2,4-5,8-11,13-14,16-17H2,(H,25,28). The van der Waals surface area contributed by atoms with Crippen LogP contribution in [-0.2, 0) is 4.79 Å². The van der Waals surface area contributed by atoms with Crippen molar-refractivity contribution >= 4 is 16.8 Å². The molecule has 3 fully saturated rings. The van der Waals surface area contributed by atoms with E-state index in [1.165, 1.54) is 36.6 Å². The summed E-state index contributed by atoms with van der Waals surface area (Å²) in [4.78, 5) is 13.9. The number of amides is 1. The van der Waals surface area contributed by atoms with Crippen molar-refractivity contribution in [1.82, 2.24) is 14.8 Å². The van der Waals surface area contributed by atoms with Crippen molar-refractivity contribution in [2.45, 2.75) is 63.5 Å². The predicted octanol–water partition coefficient (Wildman–Crippen LogP) is 4.13. The highest BCUT2D eigenvalue weighted by atomic mass is 16.5. The number of likely N-dealkylation sites (tertiary alicyclic amines) is 1. The Balaban J connectivity index is 1.18. The van der Waals surface area contributed by atoms with Crippen molar-refractivity contribution in [1.29, 1.82) is 0 Å². The van der Waals surface area contributed by atoms with Gasteiger partial charge in [0.05, 0.1) is 5.52 Å². The molecule has 1 saturated carbocycles. The van der Waals surface area contributed by atoms with Gasteiger partial charge in [-0.15, -0.1) is 0 Å². The van der Waals surface area contributed by atoms with Crippen molar-refractivity contribution in [3.05, 3.63) is 30.5 Å². The highest BCUT2D eigenvalue weighted by molar-refractivity contribution is 5.86. The summed E-state index contributed by atoms with van der Waals surface area (Å²) >= 11 is 0. The summed E-state index contributed by atoms with van der Waals surface area (Å²) in [6.45, 7) is 4.13. The highest BCUT2D eigenvalue weighted by Crippen LogP contribution is 2.36. The molecule has 1 N–H and O–H groups in total. The first-order chi connectivity index (χ1) is 14.3. The van der Waals surface area contributed by atoms with Gasteiger partial charge in [0.2, 0.25) is 5.91 Å². The lowest BCUT2D eigenvalue weighted by molar-refractivity contribution is -0.123. The van der Waals surface area contributed by atoms with Crippen LogP contribution >= 0.6 is 0 Å². The third-order valence-electron chi connectivity index (χ3n) is 7.15. The van der Waals surface area contributed by atoms with Crippen molar-refractivity contribution in [2.24, 2.45) is 5.92 Å². The summed E-state index contributed by atoms with van der Waals surface area (Å²) in [5.41, 5.74) is 1.33. The maximum absolute atomic E-state index is 11.3. The summed E-state index contributed by atoms with van der Waals surface area (Å²) in [6, 6.07) is 9.44. The Labute approximate surface area is 173 Å². The van der Waals surface area contributed by atoms with Crippen LogP contribution in [0.25, 0.3) is 10.9 Å². The molecule has 0 radical (unpaired) electrons. The number of hydrogen-bond donors (Lipinski definition) is 1. The molecule has 5 rings (SSSR count). The van der Waals surface area contributed by atoms with Crippen LogP contribution in [0.2, 0.25) is 0 Å². The van der Waals surface area contributed by atoms with E-state index in [0.29, 0.717) is 24.5 Å². The Morgan fingerprint density at radius 1 is 1.03 bits per heavy atom. The molecular weight excluding hydrogens is 362 g/mol. The highest BCUT2D eigenvalue weighted by Gasteiger charge is 2.26. The van der Waals surface area contributed by atoms with Gasteiger partial charge in [0.1, 0.15) is 11.9 Å². The van der Waals surface area contributed by atoms with E-state index in [9.17, 15) is 4.79 Å². The minimum atomic E-state index is 0.212. The molecule has 1 aromatic carbocycles. The van der Waals surface area contributed by atoms with Crippen LogP contribution in [0.4, 0.5) is 0 Å². The summed E-state index contributed by atoms with van der Waals surface area (Å²) in [7, 11) is 0. The first kappa shape index (κ1) is 19.0. The van der Waals surface area contributed by atoms with E-state index in [4.69, 9.17) is 4.74 Å². The van der Waals surface area contributed by atoms with Crippen LogP contribution in [0.15, 0.2) is 30.5 Å². The Morgan fingerprint density at radius 3 is 2.62 bits per heavy atom. The molecule has 5 nitrogen and oxygen atoms in total. The molecule has 1 amide bonds. The first-order valence-corrected chi connectivity index (χ1v) is 11.5. The Kier molecular flexibility index (Phi) is 5.49. The zero-order chi connectivity index (χ0) is 19.6. The third kappa shape index (κ3) is 4.16. The summed E-state index contributed by atoms with van der Waals surface area (Å²) in [5, 5.41) is 4.27. The Morgan fingerprint density at radius 2 is 1.86 bits per heavy atom. The fraction of sp³-hybridized carbons (Fsp3) is 0.625. The molecular formula is C24H33N3O2. The average molecular weight is 396 g/mol. The molecule has 1 unspecified atom stereocenters. The van der Waals surface area contributed by atoms with Crippen molar-refractivity contribution in [3.63, 3.8) is 0 Å². The number of nitrogens with one attached hydrogen (secondary N) is 1. The molecule has 1 aliphatic carbocycles. The Bertz CT molecular complexity index is 837. The zero-order valence-electron chi connectivity index (χ0n) is 17.3. The second-order valence-electron chi connectivity index (χ2n) is 9.18. The van der Waals surface area contributed by atoms with E-state index in [2.05, 4.69) is 45.2 Å². The first-order valence-electron chi connectivity index (χ1n) is 11.5. The largest absolute Gasteiger partial charge is 0.490 e. The topological polar surface area (TPSA) is 46.5 Å². The van der Waals surface area contributed by atoms with Gasteiger partial charge in [-0.2, -0.15) is 0 Å². The number of benzene rings is 1. The van der Waals surface area contributed by atoms with Crippen LogP contribution in [-0.4, -0.2) is 47.7 Å². The van der Waals surface area contributed by atoms with Crippen LogP contribution < -0.4 is 10.1 Å². The van der Waals surface area contributed by atoms with Gasteiger partial charge in [0, 0.05) is 50.2 Å². The van der Waals surface area contributed by atoms with Gasteiger partial charge in [-0.1, -0.05) is 18.9 Å². The number of piperidine rings is 2. The molecule has 0 bridgehead atoms. The number of carbonyl (C=O) groups excluding carboxylic acids is 1. The van der Waals surface area contributed by atoms with E-state index in [1.807, 2.05) is 0 Å².